The van der Waals surface area contributed by atoms with Gasteiger partial charge in [-0.2, -0.15) is 8.42 Å². The summed E-state index contributed by atoms with van der Waals surface area (Å²) >= 11 is 0. The van der Waals surface area contributed by atoms with Gasteiger partial charge in [-0.1, -0.05) is 0 Å². The number of nitrogens with two attached hydrogens (primary N) is 1. The molecule has 1 aromatic carbocycles. The Morgan fingerprint density at radius 3 is 2.77 bits per heavy atom. The molecular formula is C18H16N6O5S. The highest BCUT2D eigenvalue weighted by Gasteiger charge is 2.24. The Labute approximate surface area is 169 Å². The van der Waals surface area contributed by atoms with E-state index in [0.717, 1.165) is 6.07 Å². The van der Waals surface area contributed by atoms with E-state index in [-0.39, 0.29) is 27.6 Å². The first kappa shape index (κ1) is 19.4. The third-order valence-corrected chi connectivity index (χ3v) is 5.79. The van der Waals surface area contributed by atoms with Crippen LogP contribution in [-0.4, -0.2) is 44.3 Å². The number of nitrogens with zero attached hydrogens (tertiary/aromatic N) is 4. The van der Waals surface area contributed by atoms with Crippen molar-refractivity contribution in [1.82, 2.24) is 24.1 Å². The van der Waals surface area contributed by atoms with Gasteiger partial charge in [-0.15, -0.1) is 9.19 Å². The van der Waals surface area contributed by atoms with Crippen LogP contribution in [0.3, 0.4) is 0 Å². The molecule has 4 aromatic rings. The normalized spacial score (nSPS) is 11.6. The van der Waals surface area contributed by atoms with Crippen molar-refractivity contribution < 1.29 is 18.3 Å². The molecule has 0 atom stereocenters. The van der Waals surface area contributed by atoms with Gasteiger partial charge in [-0.05, 0) is 37.3 Å². The first-order valence-electron chi connectivity index (χ1n) is 8.73. The number of hydrogen-bond donors (Lipinski definition) is 3. The number of ether oxygens (including phenoxy) is 1. The summed E-state index contributed by atoms with van der Waals surface area (Å²) in [6, 6.07) is 8.31. The Hall–Kier alpha value is -3.93. The third kappa shape index (κ3) is 3.22. The lowest BCUT2D eigenvalue weighted by molar-refractivity contribution is 0.341. The summed E-state index contributed by atoms with van der Waals surface area (Å²) in [5, 5.41) is 13.0. The molecule has 154 valence electrons. The van der Waals surface area contributed by atoms with Crippen molar-refractivity contribution >= 4 is 26.9 Å². The van der Waals surface area contributed by atoms with Crippen LogP contribution in [0.25, 0.3) is 22.4 Å². The monoisotopic (exact) mass is 428 g/mol. The summed E-state index contributed by atoms with van der Waals surface area (Å²) in [7, 11) is -4.23. The molecule has 0 aliphatic rings. The number of nitrogen functional groups attached to an aromatic ring is 1. The average molecular weight is 428 g/mol. The van der Waals surface area contributed by atoms with Crippen LogP contribution in [0.5, 0.6) is 11.6 Å². The van der Waals surface area contributed by atoms with Crippen molar-refractivity contribution in [3.63, 3.8) is 0 Å². The molecule has 3 aromatic heterocycles. The number of hydrogen-bond acceptors (Lipinski definition) is 9. The molecule has 4 N–H and O–H groups in total. The number of anilines is 1. The lowest BCUT2D eigenvalue weighted by Crippen LogP contribution is -2.17. The van der Waals surface area contributed by atoms with Gasteiger partial charge >= 0.3 is 0 Å². The third-order valence-electron chi connectivity index (χ3n) is 4.19. The highest BCUT2D eigenvalue weighted by Crippen LogP contribution is 2.32. The second-order valence-electron chi connectivity index (χ2n) is 6.15. The summed E-state index contributed by atoms with van der Waals surface area (Å²) in [6.45, 7) is 2.07. The van der Waals surface area contributed by atoms with Crippen molar-refractivity contribution in [3.05, 3.63) is 52.9 Å². The molecule has 11 nitrogen and oxygen atoms in total. The fourth-order valence-electron chi connectivity index (χ4n) is 2.90. The van der Waals surface area contributed by atoms with Crippen molar-refractivity contribution in [2.45, 2.75) is 11.8 Å². The van der Waals surface area contributed by atoms with Gasteiger partial charge in [0.2, 0.25) is 5.88 Å². The van der Waals surface area contributed by atoms with Crippen LogP contribution in [0.4, 0.5) is 5.82 Å². The Morgan fingerprint density at radius 1 is 1.27 bits per heavy atom. The van der Waals surface area contributed by atoms with E-state index in [1.54, 1.807) is 19.1 Å². The van der Waals surface area contributed by atoms with Crippen LogP contribution >= 0.6 is 0 Å². The number of pyridine rings is 1. The molecule has 0 bridgehead atoms. The number of fused-ring (bicyclic) bond motifs is 1. The molecule has 12 heteroatoms. The van der Waals surface area contributed by atoms with E-state index >= 15 is 0 Å². The SMILES string of the molecule is CCOc1ccc(S(=O)(=O)n2nc(O)cc2N)cc1-c1nc2cccnc2c(=O)[nH]1. The summed E-state index contributed by atoms with van der Waals surface area (Å²) in [6.07, 6.45) is 1.47. The number of aromatic amines is 1. The van der Waals surface area contributed by atoms with Crippen molar-refractivity contribution in [3.8, 4) is 23.0 Å². The first-order chi connectivity index (χ1) is 14.3. The zero-order chi connectivity index (χ0) is 21.5. The Bertz CT molecular complexity index is 1430. The second kappa shape index (κ2) is 7.15. The fourth-order valence-corrected chi connectivity index (χ4v) is 4.13. The van der Waals surface area contributed by atoms with E-state index in [1.165, 1.54) is 24.4 Å². The molecule has 30 heavy (non-hydrogen) atoms. The van der Waals surface area contributed by atoms with Crippen LogP contribution in [0.1, 0.15) is 6.92 Å². The molecule has 0 fully saturated rings. The zero-order valence-corrected chi connectivity index (χ0v) is 16.4. The molecular weight excluding hydrogens is 412 g/mol. The van der Waals surface area contributed by atoms with Gasteiger partial charge in [0.05, 0.1) is 22.6 Å². The number of H-pyrrole nitrogens is 1. The maximum absolute atomic E-state index is 13.0. The minimum absolute atomic E-state index is 0.109. The van der Waals surface area contributed by atoms with Crippen LogP contribution in [-0.2, 0) is 10.0 Å². The predicted octanol–water partition coefficient (Wildman–Crippen LogP) is 1.11. The van der Waals surface area contributed by atoms with E-state index in [0.29, 0.717) is 22.0 Å². The Kier molecular flexibility index (Phi) is 4.62. The number of aromatic nitrogens is 5. The molecule has 3 heterocycles. The van der Waals surface area contributed by atoms with Crippen molar-refractivity contribution in [1.29, 1.82) is 0 Å². The highest BCUT2D eigenvalue weighted by molar-refractivity contribution is 7.90. The van der Waals surface area contributed by atoms with Crippen LogP contribution in [0.2, 0.25) is 0 Å². The largest absolute Gasteiger partial charge is 0.493 e. The molecule has 4 rings (SSSR count). The van der Waals surface area contributed by atoms with E-state index in [9.17, 15) is 18.3 Å². The van der Waals surface area contributed by atoms with Gasteiger partial charge in [0.1, 0.15) is 17.4 Å². The van der Waals surface area contributed by atoms with Crippen LogP contribution in [0, 0.1) is 0 Å². The molecule has 0 amide bonds. The highest BCUT2D eigenvalue weighted by atomic mass is 32.2. The molecule has 0 aliphatic heterocycles. The molecule has 0 radical (unpaired) electrons. The van der Waals surface area contributed by atoms with Gasteiger partial charge in [-0.25, -0.2) is 9.97 Å². The average Bonchev–Trinajstić information content (AvgIpc) is 3.07. The lowest BCUT2D eigenvalue weighted by Gasteiger charge is -2.13. The summed E-state index contributed by atoms with van der Waals surface area (Å²) in [4.78, 5) is 23.2. The maximum Gasteiger partial charge on any atom is 0.284 e. The van der Waals surface area contributed by atoms with Gasteiger partial charge < -0.3 is 20.6 Å². The summed E-state index contributed by atoms with van der Waals surface area (Å²) in [5.41, 5.74) is 5.91. The second-order valence-corrected chi connectivity index (χ2v) is 7.92. The van der Waals surface area contributed by atoms with Gasteiger partial charge in [0.15, 0.2) is 5.52 Å². The lowest BCUT2D eigenvalue weighted by atomic mass is 10.2. The van der Waals surface area contributed by atoms with E-state index < -0.39 is 21.5 Å². The number of nitrogens with one attached hydrogen (secondary N) is 1. The summed E-state index contributed by atoms with van der Waals surface area (Å²) in [5.74, 6) is -0.363. The Morgan fingerprint density at radius 2 is 2.07 bits per heavy atom. The number of aromatic hydroxyl groups is 1. The van der Waals surface area contributed by atoms with Crippen LogP contribution < -0.4 is 16.0 Å². The topological polar surface area (TPSA) is 166 Å². The number of rotatable bonds is 5. The standard InChI is InChI=1S/C18H16N6O5S/c1-2-29-13-6-5-10(30(27,28)24-14(19)9-15(25)23-24)8-11(13)17-21-12-4-3-7-20-16(12)18(26)22-17/h3-9H,2,19H2,1H3,(H,23,25)(H,21,22,26). The van der Waals surface area contributed by atoms with Gasteiger partial charge in [-0.3, -0.25) is 4.79 Å². The molecule has 0 aliphatic carbocycles. The van der Waals surface area contributed by atoms with Crippen LogP contribution in [0.15, 0.2) is 52.3 Å². The maximum atomic E-state index is 13.0. The summed E-state index contributed by atoms with van der Waals surface area (Å²) < 4.78 is 32.0. The first-order valence-corrected chi connectivity index (χ1v) is 10.2. The van der Waals surface area contributed by atoms with Gasteiger partial charge in [0, 0.05) is 12.3 Å². The molecule has 0 spiro atoms. The molecule has 0 saturated heterocycles. The molecule has 0 unspecified atom stereocenters. The van der Waals surface area contributed by atoms with E-state index in [1.807, 2.05) is 0 Å². The fraction of sp³-hybridized carbons (Fsp3) is 0.111. The Balaban J connectivity index is 1.94. The van der Waals surface area contributed by atoms with Crippen molar-refractivity contribution in [2.24, 2.45) is 0 Å². The minimum Gasteiger partial charge on any atom is -0.493 e. The quantitative estimate of drug-likeness (QED) is 0.422. The van der Waals surface area contributed by atoms with E-state index in [4.69, 9.17) is 10.5 Å². The van der Waals surface area contributed by atoms with Gasteiger partial charge in [0.25, 0.3) is 15.6 Å². The predicted molar refractivity (Wildman–Crippen MR) is 108 cm³/mol. The zero-order valence-electron chi connectivity index (χ0n) is 15.6. The number of benzene rings is 1. The molecule has 0 saturated carbocycles. The minimum atomic E-state index is -4.23. The van der Waals surface area contributed by atoms with Crippen molar-refractivity contribution in [2.75, 3.05) is 12.3 Å². The smallest absolute Gasteiger partial charge is 0.284 e. The van der Waals surface area contributed by atoms with E-state index in [2.05, 4.69) is 20.1 Å².